The molecule has 29 heavy (non-hydrogen) atoms. The molecular formula is C21H23N5O2S. The van der Waals surface area contributed by atoms with Crippen LogP contribution in [0.2, 0.25) is 0 Å². The minimum Gasteiger partial charge on any atom is -0.366 e. The van der Waals surface area contributed by atoms with Gasteiger partial charge in [0.15, 0.2) is 5.16 Å². The minimum absolute atomic E-state index is 0.155. The van der Waals surface area contributed by atoms with E-state index in [1.165, 1.54) is 11.8 Å². The number of nitrogens with two attached hydrogens (primary N) is 1. The second-order valence-corrected chi connectivity index (χ2v) is 7.80. The normalized spacial score (nSPS) is 11.8. The van der Waals surface area contributed by atoms with E-state index in [9.17, 15) is 9.59 Å². The van der Waals surface area contributed by atoms with Crippen molar-refractivity contribution in [3.05, 3.63) is 71.5 Å². The standard InChI is InChI=1S/C21H23N5O2S/c1-3-26-18(13-15-7-5-4-6-8-15)24-25-21(26)29-14(2)20(28)23-17-11-9-16(10-12-17)19(22)27/h4-12,14H,3,13H2,1-2H3,(H2,22,27)(H,23,28)/t14-/m0/s1. The molecule has 8 heteroatoms. The Balaban J connectivity index is 1.65. The van der Waals surface area contributed by atoms with Gasteiger partial charge in [-0.25, -0.2) is 0 Å². The number of rotatable bonds is 8. The van der Waals surface area contributed by atoms with Gasteiger partial charge in [0, 0.05) is 24.2 Å². The zero-order valence-electron chi connectivity index (χ0n) is 16.3. The van der Waals surface area contributed by atoms with Gasteiger partial charge in [-0.05, 0) is 43.7 Å². The van der Waals surface area contributed by atoms with Gasteiger partial charge in [0.25, 0.3) is 0 Å². The minimum atomic E-state index is -0.503. The van der Waals surface area contributed by atoms with Gasteiger partial charge >= 0.3 is 0 Å². The molecule has 0 saturated carbocycles. The van der Waals surface area contributed by atoms with Crippen LogP contribution in [-0.4, -0.2) is 31.8 Å². The number of carbonyl (C=O) groups excluding carboxylic acids is 2. The highest BCUT2D eigenvalue weighted by molar-refractivity contribution is 8.00. The number of nitrogens with zero attached hydrogens (tertiary/aromatic N) is 3. The van der Waals surface area contributed by atoms with Crippen LogP contribution in [0.3, 0.4) is 0 Å². The highest BCUT2D eigenvalue weighted by atomic mass is 32.2. The summed E-state index contributed by atoms with van der Waals surface area (Å²) < 4.78 is 2.03. The molecular weight excluding hydrogens is 386 g/mol. The number of aromatic nitrogens is 3. The smallest absolute Gasteiger partial charge is 0.248 e. The van der Waals surface area contributed by atoms with E-state index >= 15 is 0 Å². The van der Waals surface area contributed by atoms with Gasteiger partial charge in [0.1, 0.15) is 5.82 Å². The number of hydrogen-bond donors (Lipinski definition) is 2. The lowest BCUT2D eigenvalue weighted by Gasteiger charge is -2.13. The van der Waals surface area contributed by atoms with E-state index in [0.29, 0.717) is 22.8 Å². The van der Waals surface area contributed by atoms with Gasteiger partial charge in [0.05, 0.1) is 5.25 Å². The van der Waals surface area contributed by atoms with Crippen molar-refractivity contribution in [3.8, 4) is 0 Å². The first-order valence-corrected chi connectivity index (χ1v) is 10.2. The molecule has 0 saturated heterocycles. The van der Waals surface area contributed by atoms with Gasteiger partial charge in [-0.3, -0.25) is 9.59 Å². The molecule has 1 aromatic heterocycles. The van der Waals surface area contributed by atoms with Gasteiger partial charge < -0.3 is 15.6 Å². The lowest BCUT2D eigenvalue weighted by Crippen LogP contribution is -2.23. The van der Waals surface area contributed by atoms with Crippen LogP contribution in [0.15, 0.2) is 59.8 Å². The lowest BCUT2D eigenvalue weighted by molar-refractivity contribution is -0.115. The molecule has 1 atom stereocenters. The third kappa shape index (κ3) is 5.23. The lowest BCUT2D eigenvalue weighted by atomic mass is 10.1. The van der Waals surface area contributed by atoms with E-state index in [4.69, 9.17) is 5.73 Å². The van der Waals surface area contributed by atoms with Crippen molar-refractivity contribution < 1.29 is 9.59 Å². The van der Waals surface area contributed by atoms with Crippen LogP contribution in [0.5, 0.6) is 0 Å². The zero-order valence-corrected chi connectivity index (χ0v) is 17.1. The SMILES string of the molecule is CCn1c(Cc2ccccc2)nnc1S[C@@H](C)C(=O)Nc1ccc(C(N)=O)cc1. The first kappa shape index (κ1) is 20.6. The Morgan fingerprint density at radius 3 is 2.41 bits per heavy atom. The third-order valence-corrected chi connectivity index (χ3v) is 5.48. The first-order chi connectivity index (χ1) is 14.0. The molecule has 0 aliphatic heterocycles. The number of anilines is 1. The highest BCUT2D eigenvalue weighted by Gasteiger charge is 2.20. The largest absolute Gasteiger partial charge is 0.366 e. The van der Waals surface area contributed by atoms with Gasteiger partial charge in [0.2, 0.25) is 11.8 Å². The Morgan fingerprint density at radius 2 is 1.79 bits per heavy atom. The molecule has 0 fully saturated rings. The molecule has 0 radical (unpaired) electrons. The molecule has 150 valence electrons. The van der Waals surface area contributed by atoms with Crippen molar-refractivity contribution >= 4 is 29.3 Å². The van der Waals surface area contributed by atoms with Crippen LogP contribution in [0, 0.1) is 0 Å². The summed E-state index contributed by atoms with van der Waals surface area (Å²) in [5.74, 6) is 0.213. The van der Waals surface area contributed by atoms with E-state index in [1.54, 1.807) is 24.3 Å². The van der Waals surface area contributed by atoms with Crippen LogP contribution >= 0.6 is 11.8 Å². The van der Waals surface area contributed by atoms with Crippen molar-refractivity contribution in [3.63, 3.8) is 0 Å². The van der Waals surface area contributed by atoms with Crippen LogP contribution in [-0.2, 0) is 17.8 Å². The Labute approximate surface area is 173 Å². The van der Waals surface area contributed by atoms with E-state index in [0.717, 1.165) is 17.9 Å². The molecule has 0 aliphatic carbocycles. The van der Waals surface area contributed by atoms with Crippen LogP contribution < -0.4 is 11.1 Å². The van der Waals surface area contributed by atoms with Gasteiger partial charge in [-0.1, -0.05) is 42.1 Å². The van der Waals surface area contributed by atoms with Crippen molar-refractivity contribution in [1.82, 2.24) is 14.8 Å². The van der Waals surface area contributed by atoms with E-state index < -0.39 is 5.91 Å². The van der Waals surface area contributed by atoms with Crippen LogP contribution in [0.25, 0.3) is 0 Å². The summed E-state index contributed by atoms with van der Waals surface area (Å²) in [7, 11) is 0. The fourth-order valence-corrected chi connectivity index (χ4v) is 3.74. The summed E-state index contributed by atoms with van der Waals surface area (Å²) in [5.41, 5.74) is 7.40. The topological polar surface area (TPSA) is 103 Å². The van der Waals surface area contributed by atoms with E-state index in [1.807, 2.05) is 36.6 Å². The van der Waals surface area contributed by atoms with Crippen LogP contribution in [0.4, 0.5) is 5.69 Å². The molecule has 3 rings (SSSR count). The average Bonchev–Trinajstić information content (AvgIpc) is 3.10. The Bertz CT molecular complexity index is 986. The molecule has 0 unspecified atom stereocenters. The second kappa shape index (κ2) is 9.38. The number of primary amides is 1. The fraction of sp³-hybridized carbons (Fsp3) is 0.238. The monoisotopic (exact) mass is 409 g/mol. The predicted octanol–water partition coefficient (Wildman–Crippen LogP) is 3.11. The number of nitrogens with one attached hydrogen (secondary N) is 1. The molecule has 7 nitrogen and oxygen atoms in total. The molecule has 1 heterocycles. The van der Waals surface area contributed by atoms with Crippen molar-refractivity contribution in [2.24, 2.45) is 5.73 Å². The molecule has 3 aromatic rings. The van der Waals surface area contributed by atoms with Crippen LogP contribution in [0.1, 0.15) is 35.6 Å². The summed E-state index contributed by atoms with van der Waals surface area (Å²) in [5, 5.41) is 11.8. The maximum absolute atomic E-state index is 12.6. The average molecular weight is 410 g/mol. The van der Waals surface area contributed by atoms with E-state index in [2.05, 4.69) is 27.6 Å². The van der Waals surface area contributed by atoms with Crippen molar-refractivity contribution in [2.45, 2.75) is 37.2 Å². The molecule has 0 bridgehead atoms. The van der Waals surface area contributed by atoms with Crippen molar-refractivity contribution in [2.75, 3.05) is 5.32 Å². The first-order valence-electron chi connectivity index (χ1n) is 9.31. The van der Waals surface area contributed by atoms with E-state index in [-0.39, 0.29) is 11.2 Å². The summed E-state index contributed by atoms with van der Waals surface area (Å²) in [4.78, 5) is 23.7. The summed E-state index contributed by atoms with van der Waals surface area (Å²) >= 11 is 1.36. The summed E-state index contributed by atoms with van der Waals surface area (Å²) in [6.07, 6.45) is 0.690. The summed E-state index contributed by atoms with van der Waals surface area (Å²) in [6, 6.07) is 16.6. The molecule has 2 amide bonds. The molecule has 3 N–H and O–H groups in total. The number of carbonyl (C=O) groups is 2. The second-order valence-electron chi connectivity index (χ2n) is 6.50. The van der Waals surface area contributed by atoms with Crippen molar-refractivity contribution in [1.29, 1.82) is 0 Å². The third-order valence-electron chi connectivity index (χ3n) is 4.40. The predicted molar refractivity (Wildman–Crippen MR) is 114 cm³/mol. The maximum atomic E-state index is 12.6. The number of hydrogen-bond acceptors (Lipinski definition) is 5. The molecule has 2 aromatic carbocycles. The maximum Gasteiger partial charge on any atom is 0.248 e. The Morgan fingerprint density at radius 1 is 1.10 bits per heavy atom. The van der Waals surface area contributed by atoms with Gasteiger partial charge in [-0.15, -0.1) is 10.2 Å². The number of thioether (sulfide) groups is 1. The Hall–Kier alpha value is -3.13. The number of amides is 2. The zero-order chi connectivity index (χ0) is 20.8. The fourth-order valence-electron chi connectivity index (χ4n) is 2.81. The summed E-state index contributed by atoms with van der Waals surface area (Å²) in [6.45, 7) is 4.58. The molecule has 0 spiro atoms. The Kier molecular flexibility index (Phi) is 6.66. The molecule has 0 aliphatic rings. The highest BCUT2D eigenvalue weighted by Crippen LogP contribution is 2.24. The quantitative estimate of drug-likeness (QED) is 0.557. The van der Waals surface area contributed by atoms with Gasteiger partial charge in [-0.2, -0.15) is 0 Å². The number of benzene rings is 2.